The van der Waals surface area contributed by atoms with Crippen LogP contribution >= 0.6 is 15.9 Å². The van der Waals surface area contributed by atoms with Crippen LogP contribution in [-0.4, -0.2) is 225 Å². The molecule has 10 aliphatic rings. The Kier molecular flexibility index (Phi) is 42.8. The Labute approximate surface area is 849 Å². The number of benzene rings is 5. The van der Waals surface area contributed by atoms with Gasteiger partial charge in [-0.1, -0.05) is 147 Å². The number of carbonyl (C=O) groups excluding carboxylic acids is 7. The fourth-order valence-corrected chi connectivity index (χ4v) is 19.8. The summed E-state index contributed by atoms with van der Waals surface area (Å²) in [6.07, 6.45) is 18.7. The molecule has 137 heavy (non-hydrogen) atoms. The number of aliphatic imine (C=N–C) groups is 1. The number of ether oxygens (including phenoxy) is 2. The maximum Gasteiger partial charge on any atom is 1.00 e. The summed E-state index contributed by atoms with van der Waals surface area (Å²) < 4.78 is 87.6. The summed E-state index contributed by atoms with van der Waals surface area (Å²) in [4.78, 5) is 99.1. The second-order valence-electron chi connectivity index (χ2n) is 41.7. The van der Waals surface area contributed by atoms with E-state index in [1.54, 1.807) is 67.2 Å². The molecule has 0 aromatic heterocycles. The van der Waals surface area contributed by atoms with Gasteiger partial charge in [0, 0.05) is 144 Å². The molecule has 23 nitrogen and oxygen atoms in total. The number of likely N-dealkylation sites (tertiary alicyclic amines) is 5. The van der Waals surface area contributed by atoms with Gasteiger partial charge in [-0.05, 0) is 312 Å². The van der Waals surface area contributed by atoms with Crippen molar-refractivity contribution in [3.8, 4) is 0 Å². The number of hydrogen-bond donors (Lipinski definition) is 1. The number of rotatable bonds is 11. The largest absolute Gasteiger partial charge is 1.00 e. The molecule has 0 bridgehead atoms. The normalized spacial score (nSPS) is 21.9. The van der Waals surface area contributed by atoms with Crippen molar-refractivity contribution in [2.45, 2.75) is 298 Å². The summed E-state index contributed by atoms with van der Waals surface area (Å²) >= 11 is 3.50. The molecule has 3 radical (unpaired) electrons. The van der Waals surface area contributed by atoms with Crippen LogP contribution in [0, 0.1) is 23.7 Å². The van der Waals surface area contributed by atoms with Gasteiger partial charge in [-0.2, -0.15) is 21.6 Å². The molecule has 7 saturated heterocycles. The van der Waals surface area contributed by atoms with Crippen LogP contribution in [0.1, 0.15) is 316 Å². The third-order valence-corrected chi connectivity index (χ3v) is 29.3. The predicted molar refractivity (Wildman–Crippen MR) is 538 cm³/mol. The van der Waals surface area contributed by atoms with Gasteiger partial charge in [0.05, 0.1) is 16.9 Å². The maximum absolute atomic E-state index is 12.9. The SMILES string of the molecule is CC(=O)N1CCC(c2cccc(B3OC(C)(C)C(C)(C)O3)c2)CC1.CC(=O)N1CCC(c2cccc(Br)c2)CC1.CC(=O)N1CCC(c2cccc(C3=CCC(C)CN3C(=O)OC(C)(C)C)c2)CC1.CC(=O)N1CCC(c2cccc(C3=NCC(C)CC3)c2)CC1.CC(=O)N1CCC(c2cccc(C3CCC(C)CN3)c2)CC1.CC1CC=C(OS(=O)(=O)C(F)(F)F)N(C(=O)OC(C)(C)C)C1.[B].[H-].[Na+]. The second-order valence-corrected chi connectivity index (χ2v) is 44.1. The quantitative estimate of drug-likeness (QED) is 0.0734. The van der Waals surface area contributed by atoms with Crippen LogP contribution in [-0.2, 0) is 57.1 Å². The van der Waals surface area contributed by atoms with Gasteiger partial charge in [-0.25, -0.2) is 14.5 Å². The minimum Gasteiger partial charge on any atom is -1.00 e. The molecule has 7 amide bonds. The van der Waals surface area contributed by atoms with Crippen molar-refractivity contribution in [3.05, 3.63) is 188 Å². The van der Waals surface area contributed by atoms with Crippen LogP contribution in [0.4, 0.5) is 22.8 Å². The Hall–Kier alpha value is -7.83. The Morgan fingerprint density at radius 3 is 1.23 bits per heavy atom. The molecule has 15 rings (SSSR count). The Morgan fingerprint density at radius 2 is 0.832 bits per heavy atom. The molecule has 5 aromatic rings. The zero-order valence-corrected chi connectivity index (χ0v) is 89.5. The van der Waals surface area contributed by atoms with E-state index >= 15 is 0 Å². The number of nitrogens with one attached hydrogen (secondary N) is 1. The van der Waals surface area contributed by atoms with Crippen LogP contribution in [0.25, 0.3) is 5.70 Å². The van der Waals surface area contributed by atoms with Crippen molar-refractivity contribution in [1.29, 1.82) is 0 Å². The van der Waals surface area contributed by atoms with Gasteiger partial charge in [0.25, 0.3) is 0 Å². The van der Waals surface area contributed by atoms with Crippen molar-refractivity contribution in [3.63, 3.8) is 0 Å². The number of hydrogen-bond acceptors (Lipinski definition) is 16. The number of amides is 7. The van der Waals surface area contributed by atoms with Gasteiger partial charge in [0.2, 0.25) is 35.4 Å². The van der Waals surface area contributed by atoms with Gasteiger partial charge in [-0.3, -0.25) is 33.9 Å². The van der Waals surface area contributed by atoms with E-state index in [1.165, 1.54) is 63.9 Å². The monoisotopic (exact) mass is 1990 g/mol. The summed E-state index contributed by atoms with van der Waals surface area (Å²) in [5, 5.41) is 3.68. The van der Waals surface area contributed by atoms with E-state index in [9.17, 15) is 55.2 Å². The van der Waals surface area contributed by atoms with E-state index in [0.717, 1.165) is 200 Å². The van der Waals surface area contributed by atoms with E-state index in [-0.39, 0.29) is 112 Å². The predicted octanol–water partition coefficient (Wildman–Crippen LogP) is 17.7. The van der Waals surface area contributed by atoms with Gasteiger partial charge in [0.1, 0.15) is 11.2 Å². The van der Waals surface area contributed by atoms with Crippen LogP contribution < -0.4 is 40.3 Å². The van der Waals surface area contributed by atoms with Crippen molar-refractivity contribution >= 4 is 100 Å². The minimum absolute atomic E-state index is 0. The Bertz CT molecular complexity index is 5050. The zero-order chi connectivity index (χ0) is 98.7. The molecule has 0 saturated carbocycles. The third kappa shape index (κ3) is 33.9. The van der Waals surface area contributed by atoms with Crippen LogP contribution in [0.15, 0.2) is 149 Å². The van der Waals surface area contributed by atoms with E-state index in [1.807, 2.05) is 51.3 Å². The first kappa shape index (κ1) is 114. The van der Waals surface area contributed by atoms with E-state index in [2.05, 4.69) is 195 Å². The van der Waals surface area contributed by atoms with E-state index in [0.29, 0.717) is 48.1 Å². The Morgan fingerprint density at radius 1 is 0.467 bits per heavy atom. The molecule has 0 aliphatic carbocycles. The minimum atomic E-state index is -5.84. The average Bonchev–Trinajstić information content (AvgIpc) is 1.64. The van der Waals surface area contributed by atoms with Gasteiger partial charge in [0.15, 0.2) is 0 Å². The van der Waals surface area contributed by atoms with Crippen molar-refractivity contribution in [2.24, 2.45) is 28.7 Å². The second kappa shape index (κ2) is 51.2. The van der Waals surface area contributed by atoms with Crippen molar-refractivity contribution in [1.82, 2.24) is 39.6 Å². The molecule has 5 atom stereocenters. The number of piperidine rings is 6. The third-order valence-electron chi connectivity index (χ3n) is 27.8. The molecule has 7 fully saturated rings. The topological polar surface area (TPSA) is 247 Å². The number of alkyl halides is 3. The number of allylic oxidation sites excluding steroid dienone is 2. The molecule has 5 unspecified atom stereocenters. The fraction of sp³-hybridized carbons (Fsp3) is 0.604. The molecule has 0 spiro atoms. The van der Waals surface area contributed by atoms with Gasteiger partial charge >= 0.3 is 64.5 Å². The van der Waals surface area contributed by atoms with E-state index in [4.69, 9.17) is 23.8 Å². The summed E-state index contributed by atoms with van der Waals surface area (Å²) in [6, 6.07) is 44.2. The summed E-state index contributed by atoms with van der Waals surface area (Å²) in [7, 11) is -6.16. The van der Waals surface area contributed by atoms with Crippen molar-refractivity contribution < 1.29 is 109 Å². The fourth-order valence-electron chi connectivity index (χ4n) is 18.9. The molecule has 31 heteroatoms. The number of carbonyl (C=O) groups is 7. The Balaban J connectivity index is 0.000000226. The summed E-state index contributed by atoms with van der Waals surface area (Å²) in [6.45, 7) is 47.0. The molecular weight excluding hydrogens is 1840 g/mol. The number of nitrogens with zero attached hydrogens (tertiary/aromatic N) is 8. The van der Waals surface area contributed by atoms with Crippen LogP contribution in [0.5, 0.6) is 0 Å². The van der Waals surface area contributed by atoms with E-state index < -0.39 is 38.8 Å². The average molecular weight is 1990 g/mol. The first-order chi connectivity index (χ1) is 63.5. The van der Waals surface area contributed by atoms with Crippen LogP contribution in [0.2, 0.25) is 0 Å². The smallest absolute Gasteiger partial charge is 1.00 e. The summed E-state index contributed by atoms with van der Waals surface area (Å²) in [5.74, 6) is 4.88. The van der Waals surface area contributed by atoms with Crippen molar-refractivity contribution in [2.75, 3.05) is 91.6 Å². The first-order valence-electron chi connectivity index (χ1n) is 49.0. The van der Waals surface area contributed by atoms with Crippen LogP contribution in [0.3, 0.4) is 0 Å². The first-order valence-corrected chi connectivity index (χ1v) is 51.2. The molecule has 10 aliphatic heterocycles. The molecular formula is C106H151B2BrF3N9NaO14S. The molecule has 1 N–H and O–H groups in total. The molecule has 745 valence electrons. The molecule has 10 heterocycles. The number of halogens is 4. The standard InChI is InChI=1S/C24H34N2O3.C19H28BNO3.C19H28N2O.C19H26N2O.C13H16BrNO.C12H18F3NO5S.B.Na.H/c1-17-9-10-22(26(16-17)23(28)29-24(3,4)5)21-8-6-7-20(15-21)19-11-13-25(14-12-19)18(2)27;1-14(22)21-11-9-15(10-12-21)16-7-6-8-17(13-16)20-23-18(2,3)19(4,5)24-20;2*1-14-6-7-19(20-13-14)18-5-3-4-17(12-18)16-8-10-21(11-9-16)15(2)22;1-10(16)15-7-5-11(6-8-15)12-3-2-4-13(14)9-12;1-8-5-6-9(21-22(18,19)12(13,14)15)16(7-8)10(17)20-11(2,3)4;;;/h6-8,10,15,17,19H,9,11-14,16H2,1-5H3;6-8,13,15H,9-12H2,1-5H3;3-5,12,14,16,19-20H,6-11,13H2,1-2H3;3-5,12,14,16H,6-11,13H2,1-2H3;2-4,9,11H,5-8H2,1H3;6,8H,5,7H2,1-4H3;;;/q;;;;;;;+1;-1. The molecule has 5 aromatic carbocycles. The maximum atomic E-state index is 12.9. The summed E-state index contributed by atoms with van der Waals surface area (Å²) in [5.41, 5.74) is 6.38. The zero-order valence-electron chi connectivity index (χ0n) is 86.1. The van der Waals surface area contributed by atoms with Gasteiger partial charge in [-0.15, -0.1) is 0 Å². The van der Waals surface area contributed by atoms with Gasteiger partial charge < -0.3 is 54.2 Å².